The molecule has 0 aromatic heterocycles. The van der Waals surface area contributed by atoms with Gasteiger partial charge in [0.15, 0.2) is 0 Å². The molecule has 1 heterocycles. The van der Waals surface area contributed by atoms with Crippen LogP contribution in [0.3, 0.4) is 0 Å². The normalized spacial score (nSPS) is 33.3. The van der Waals surface area contributed by atoms with E-state index in [2.05, 4.69) is 16.3 Å². The van der Waals surface area contributed by atoms with Gasteiger partial charge in [0.05, 0.1) is 11.0 Å². The van der Waals surface area contributed by atoms with E-state index in [1.807, 2.05) is 0 Å². The number of hydrogen-bond donors (Lipinski definition) is 3. The van der Waals surface area contributed by atoms with Gasteiger partial charge in [0.2, 0.25) is 0 Å². The number of halogens is 2. The predicted octanol–water partition coefficient (Wildman–Crippen LogP) is 5.97. The van der Waals surface area contributed by atoms with Gasteiger partial charge in [-0.15, -0.1) is 23.2 Å². The maximum absolute atomic E-state index is 11.3. The average molecular weight is 516 g/mol. The minimum atomic E-state index is -0.568. The summed E-state index contributed by atoms with van der Waals surface area (Å²) in [5.74, 6) is 0.993. The highest BCUT2D eigenvalue weighted by Crippen LogP contribution is 2.40. The van der Waals surface area contributed by atoms with Gasteiger partial charge in [-0.05, 0) is 107 Å². The molecule has 0 spiro atoms. The zero-order valence-electron chi connectivity index (χ0n) is 21.1. The van der Waals surface area contributed by atoms with Crippen molar-refractivity contribution in [3.05, 3.63) is 11.6 Å². The smallest absolute Gasteiger partial charge is 0.105 e. The first-order valence-electron chi connectivity index (χ1n) is 14.3. The maximum atomic E-state index is 11.3. The lowest BCUT2D eigenvalue weighted by molar-refractivity contribution is 0.00187. The van der Waals surface area contributed by atoms with E-state index in [4.69, 9.17) is 23.2 Å². The molecular formula is C28H48Cl2N2O2. The van der Waals surface area contributed by atoms with E-state index in [-0.39, 0.29) is 10.8 Å². The number of nitrogens with one attached hydrogen (secondary N) is 1. The summed E-state index contributed by atoms with van der Waals surface area (Å²) < 4.78 is 0. The van der Waals surface area contributed by atoms with Gasteiger partial charge >= 0.3 is 0 Å². The van der Waals surface area contributed by atoms with E-state index < -0.39 is 11.8 Å². The van der Waals surface area contributed by atoms with E-state index >= 15 is 0 Å². The molecule has 4 nitrogen and oxygen atoms in total. The highest BCUT2D eigenvalue weighted by molar-refractivity contribution is 6.30. The summed E-state index contributed by atoms with van der Waals surface area (Å²) in [5.41, 5.74) is 0.736. The molecule has 5 atom stereocenters. The molecule has 2 saturated carbocycles. The molecule has 4 rings (SSSR count). The van der Waals surface area contributed by atoms with Crippen molar-refractivity contribution in [3.8, 4) is 0 Å². The van der Waals surface area contributed by atoms with Crippen molar-refractivity contribution in [2.24, 2.45) is 11.8 Å². The van der Waals surface area contributed by atoms with Crippen molar-refractivity contribution in [3.63, 3.8) is 0 Å². The minimum absolute atomic E-state index is 0.0418. The molecule has 34 heavy (non-hydrogen) atoms. The maximum Gasteiger partial charge on any atom is 0.105 e. The second-order valence-electron chi connectivity index (χ2n) is 11.8. The average Bonchev–Trinajstić information content (AvgIpc) is 2.86. The molecule has 6 heteroatoms. The van der Waals surface area contributed by atoms with Crippen LogP contribution in [0.2, 0.25) is 0 Å². The molecule has 3 aliphatic carbocycles. The van der Waals surface area contributed by atoms with Crippen molar-refractivity contribution in [1.29, 1.82) is 0 Å². The van der Waals surface area contributed by atoms with Gasteiger partial charge in [0.1, 0.15) is 6.23 Å². The third-order valence-electron chi connectivity index (χ3n) is 9.35. The fourth-order valence-electron chi connectivity index (χ4n) is 7.06. The Labute approximate surface area is 217 Å². The monoisotopic (exact) mass is 514 g/mol. The quantitative estimate of drug-likeness (QED) is 0.201. The number of allylic oxidation sites excluding steroid dienone is 1. The summed E-state index contributed by atoms with van der Waals surface area (Å²) >= 11 is 13.0. The number of aliphatic hydroxyl groups is 2. The molecule has 0 aromatic carbocycles. The van der Waals surface area contributed by atoms with E-state index in [0.717, 1.165) is 77.4 Å². The topological polar surface area (TPSA) is 55.7 Å². The molecular weight excluding hydrogens is 467 g/mol. The Morgan fingerprint density at radius 1 is 1.00 bits per heavy atom. The van der Waals surface area contributed by atoms with Crippen molar-refractivity contribution >= 4 is 23.2 Å². The molecule has 0 radical (unpaired) electrons. The first-order chi connectivity index (χ1) is 16.4. The van der Waals surface area contributed by atoms with Crippen LogP contribution in [0.5, 0.6) is 0 Å². The van der Waals surface area contributed by atoms with Gasteiger partial charge in [0, 0.05) is 24.5 Å². The van der Waals surface area contributed by atoms with Crippen LogP contribution >= 0.6 is 23.2 Å². The standard InChI is InChI=1S/C28H48Cl2N2O2/c29-25-12-11-21(19-26(25)30)22(20-27(33)31-24-9-5-2-6-10-24)13-16-32-17-14-28(34,15-18-32)23-7-3-1-4-8-23/h7,21-22,24-27,31,33-34H,1-6,8-20H2. The van der Waals surface area contributed by atoms with E-state index in [1.165, 1.54) is 50.5 Å². The molecule has 3 N–H and O–H groups in total. The van der Waals surface area contributed by atoms with Crippen LogP contribution < -0.4 is 5.32 Å². The highest BCUT2D eigenvalue weighted by Gasteiger charge is 2.37. The van der Waals surface area contributed by atoms with Crippen LogP contribution in [-0.4, -0.2) is 63.4 Å². The number of hydrogen-bond acceptors (Lipinski definition) is 4. The molecule has 4 aliphatic rings. The van der Waals surface area contributed by atoms with Gasteiger partial charge in [-0.2, -0.15) is 0 Å². The zero-order valence-corrected chi connectivity index (χ0v) is 22.6. The zero-order chi connectivity index (χ0) is 24.0. The number of likely N-dealkylation sites (tertiary alicyclic amines) is 1. The van der Waals surface area contributed by atoms with Crippen molar-refractivity contribution in [1.82, 2.24) is 10.2 Å². The Morgan fingerprint density at radius 3 is 2.44 bits per heavy atom. The van der Waals surface area contributed by atoms with Gasteiger partial charge in [-0.3, -0.25) is 5.32 Å². The Kier molecular flexibility index (Phi) is 10.5. The highest BCUT2D eigenvalue weighted by atomic mass is 35.5. The second kappa shape index (κ2) is 13.1. The Bertz CT molecular complexity index is 646. The molecule has 1 saturated heterocycles. The number of aliphatic hydroxyl groups excluding tert-OH is 1. The molecule has 0 bridgehead atoms. The number of rotatable bonds is 9. The summed E-state index contributed by atoms with van der Waals surface area (Å²) in [7, 11) is 0. The van der Waals surface area contributed by atoms with Crippen molar-refractivity contribution in [2.45, 2.75) is 131 Å². The van der Waals surface area contributed by atoms with Gasteiger partial charge in [0.25, 0.3) is 0 Å². The lowest BCUT2D eigenvalue weighted by atomic mass is 9.76. The first-order valence-corrected chi connectivity index (χ1v) is 15.2. The summed E-state index contributed by atoms with van der Waals surface area (Å²) in [6.45, 7) is 2.98. The van der Waals surface area contributed by atoms with Gasteiger partial charge < -0.3 is 15.1 Å². The van der Waals surface area contributed by atoms with Gasteiger partial charge in [-0.25, -0.2) is 0 Å². The third-order valence-corrected chi connectivity index (χ3v) is 10.5. The molecule has 1 aliphatic heterocycles. The summed E-state index contributed by atoms with van der Waals surface area (Å²) in [6.07, 6.45) is 19.5. The van der Waals surface area contributed by atoms with Crippen molar-refractivity contribution < 1.29 is 10.2 Å². The van der Waals surface area contributed by atoms with Crippen molar-refractivity contribution in [2.75, 3.05) is 19.6 Å². The second-order valence-corrected chi connectivity index (χ2v) is 12.9. The molecule has 196 valence electrons. The lowest BCUT2D eigenvalue weighted by Gasteiger charge is -2.42. The number of piperidine rings is 1. The minimum Gasteiger partial charge on any atom is -0.385 e. The third kappa shape index (κ3) is 7.59. The van der Waals surface area contributed by atoms with Crippen LogP contribution in [0.4, 0.5) is 0 Å². The fraction of sp³-hybridized carbons (Fsp3) is 0.929. The SMILES string of the molecule is OC(CC(CCN1CCC(O)(C2=CCCCC2)CC1)C1CCC(Cl)C(Cl)C1)NC1CCCCC1. The number of nitrogens with zero attached hydrogens (tertiary/aromatic N) is 1. The summed E-state index contributed by atoms with van der Waals surface area (Å²) in [5, 5.41) is 25.9. The lowest BCUT2D eigenvalue weighted by Crippen LogP contribution is -2.47. The largest absolute Gasteiger partial charge is 0.385 e. The van der Waals surface area contributed by atoms with Crippen LogP contribution in [0.25, 0.3) is 0 Å². The van der Waals surface area contributed by atoms with E-state index in [9.17, 15) is 10.2 Å². The fourth-order valence-corrected chi connectivity index (χ4v) is 7.64. The Hall–Kier alpha value is 0.160. The predicted molar refractivity (Wildman–Crippen MR) is 143 cm³/mol. The Morgan fingerprint density at radius 2 is 1.76 bits per heavy atom. The number of alkyl halides is 2. The molecule has 3 fully saturated rings. The molecule has 5 unspecified atom stereocenters. The molecule has 0 aromatic rings. The van der Waals surface area contributed by atoms with Crippen LogP contribution in [0.15, 0.2) is 11.6 Å². The van der Waals surface area contributed by atoms with Gasteiger partial charge in [-0.1, -0.05) is 25.3 Å². The van der Waals surface area contributed by atoms with Crippen LogP contribution in [0, 0.1) is 11.8 Å². The van der Waals surface area contributed by atoms with E-state index in [0.29, 0.717) is 17.9 Å². The van der Waals surface area contributed by atoms with Crippen LogP contribution in [0.1, 0.15) is 103 Å². The first kappa shape index (κ1) is 27.2. The summed E-state index contributed by atoms with van der Waals surface area (Å²) in [4.78, 5) is 2.54. The molecule has 0 amide bonds. The Balaban J connectivity index is 1.29. The van der Waals surface area contributed by atoms with Crippen LogP contribution in [-0.2, 0) is 0 Å². The van der Waals surface area contributed by atoms with E-state index in [1.54, 1.807) is 0 Å². The summed E-state index contributed by atoms with van der Waals surface area (Å²) in [6, 6.07) is 0.470.